The molecule has 0 spiro atoms. The third-order valence-electron chi connectivity index (χ3n) is 6.79. The average molecular weight is 999 g/mol. The Bertz CT molecular complexity index is 1520. The van der Waals surface area contributed by atoms with Gasteiger partial charge in [-0.2, -0.15) is 73.1 Å². The summed E-state index contributed by atoms with van der Waals surface area (Å²) in [5, 5.41) is 13.9. The molecule has 0 saturated heterocycles. The van der Waals surface area contributed by atoms with Crippen LogP contribution in [0.2, 0.25) is 0 Å². The van der Waals surface area contributed by atoms with Crippen LogP contribution in [0.5, 0.6) is 0 Å². The van der Waals surface area contributed by atoms with Crippen LogP contribution in [-0.4, -0.2) is 32.2 Å². The molecule has 0 saturated carbocycles. The standard InChI is InChI=1S/2C15H15N3.2C3H3N2.2Pt/c2*1-12(2)17-11-18(13-7-4-3-5-8-13)15-14(17)9-6-10-16-15;2*1-2-4-5-3-1;;/h2*3-7,9-12H,1-2H3;2*1-3H;;/q2*-2;2*-1;;. The Morgan fingerprint density at radius 1 is 0.562 bits per heavy atom. The summed E-state index contributed by atoms with van der Waals surface area (Å²) in [6.07, 6.45) is 10.2. The van der Waals surface area contributed by atoms with Crippen molar-refractivity contribution in [3.05, 3.63) is 148 Å². The van der Waals surface area contributed by atoms with Crippen LogP contribution in [0, 0.1) is 25.5 Å². The van der Waals surface area contributed by atoms with Crippen LogP contribution >= 0.6 is 0 Å². The zero-order valence-electron chi connectivity index (χ0n) is 27.0. The van der Waals surface area contributed by atoms with Crippen molar-refractivity contribution in [1.29, 1.82) is 0 Å². The van der Waals surface area contributed by atoms with Crippen LogP contribution < -0.4 is 29.8 Å². The number of anilines is 6. The second-order valence-corrected chi connectivity index (χ2v) is 10.6. The number of para-hydroxylation sites is 2. The molecule has 6 aromatic rings. The van der Waals surface area contributed by atoms with Gasteiger partial charge >= 0.3 is 0 Å². The van der Waals surface area contributed by atoms with Crippen LogP contribution in [0.15, 0.2) is 122 Å². The predicted octanol–water partition coefficient (Wildman–Crippen LogP) is 6.81. The molecular weight excluding hydrogens is 963 g/mol. The van der Waals surface area contributed by atoms with Gasteiger partial charge in [-0.05, 0) is 64.0 Å². The van der Waals surface area contributed by atoms with Gasteiger partial charge in [-0.1, -0.05) is 12.1 Å². The Kier molecular flexibility index (Phi) is 15.5. The first-order valence-corrected chi connectivity index (χ1v) is 15.0. The van der Waals surface area contributed by atoms with Crippen LogP contribution in [0.1, 0.15) is 27.7 Å². The number of nitrogens with zero attached hydrogens (tertiary/aromatic N) is 10. The van der Waals surface area contributed by atoms with E-state index < -0.39 is 0 Å². The van der Waals surface area contributed by atoms with E-state index in [-0.39, 0.29) is 42.1 Å². The molecule has 0 fully saturated rings. The molecule has 0 amide bonds. The number of hydrogen-bond donors (Lipinski definition) is 0. The Labute approximate surface area is 312 Å². The summed E-state index contributed by atoms with van der Waals surface area (Å²) >= 11 is 0. The fourth-order valence-corrected chi connectivity index (χ4v) is 4.66. The first-order valence-electron chi connectivity index (χ1n) is 15.0. The van der Waals surface area contributed by atoms with Crippen molar-refractivity contribution in [3.8, 4) is 0 Å². The molecule has 12 heteroatoms. The van der Waals surface area contributed by atoms with Crippen molar-refractivity contribution in [2.24, 2.45) is 0 Å². The zero-order chi connectivity index (χ0) is 32.1. The molecule has 0 N–H and O–H groups in total. The van der Waals surface area contributed by atoms with E-state index in [0.717, 1.165) is 34.4 Å². The zero-order valence-corrected chi connectivity index (χ0v) is 31.5. The van der Waals surface area contributed by atoms with Crippen molar-refractivity contribution in [2.45, 2.75) is 39.8 Å². The Morgan fingerprint density at radius 2 is 1.00 bits per heavy atom. The summed E-state index contributed by atoms with van der Waals surface area (Å²) in [6, 6.07) is 34.9. The third kappa shape index (κ3) is 9.88. The van der Waals surface area contributed by atoms with Crippen molar-refractivity contribution in [2.75, 3.05) is 19.6 Å². The van der Waals surface area contributed by atoms with Gasteiger partial charge in [0.05, 0.1) is 0 Å². The van der Waals surface area contributed by atoms with Gasteiger partial charge in [-0.3, -0.25) is 0 Å². The number of fused-ring (bicyclic) bond motifs is 2. The van der Waals surface area contributed by atoms with Gasteiger partial charge in [0.1, 0.15) is 11.6 Å². The number of pyridine rings is 2. The minimum absolute atomic E-state index is 0. The SMILES string of the molecule is CC(C)N1[CH-]N(c2[c-]cccc2)c2ncccc21.CC(C)N1[CH-]N(c2[c-]cccc2)c2ncccc21.[Pt].[Pt].c1cn[n-]c1.c1cn[n-]c1. The van der Waals surface area contributed by atoms with E-state index in [1.54, 1.807) is 36.9 Å². The summed E-state index contributed by atoms with van der Waals surface area (Å²) in [7, 11) is 0. The smallest absolute Gasteiger partial charge is 0.124 e. The second-order valence-electron chi connectivity index (χ2n) is 10.6. The quantitative estimate of drug-likeness (QED) is 0.176. The summed E-state index contributed by atoms with van der Waals surface area (Å²) in [4.78, 5) is 17.6. The van der Waals surface area contributed by atoms with Crippen molar-refractivity contribution >= 4 is 34.4 Å². The van der Waals surface area contributed by atoms with E-state index in [9.17, 15) is 0 Å². The van der Waals surface area contributed by atoms with Gasteiger partial charge in [0.15, 0.2) is 0 Å². The topological polar surface area (TPSA) is 92.7 Å². The molecule has 6 heterocycles. The third-order valence-corrected chi connectivity index (χ3v) is 6.79. The fourth-order valence-electron chi connectivity index (χ4n) is 4.66. The second kappa shape index (κ2) is 19.5. The van der Waals surface area contributed by atoms with Gasteiger partial charge in [-0.25, -0.2) is 9.97 Å². The molecule has 256 valence electrons. The molecule has 2 aliphatic rings. The molecule has 0 unspecified atom stereocenters. The van der Waals surface area contributed by atoms with Gasteiger partial charge in [-0.15, -0.1) is 24.7 Å². The van der Waals surface area contributed by atoms with Crippen LogP contribution in [0.4, 0.5) is 34.4 Å². The molecule has 48 heavy (non-hydrogen) atoms. The number of rotatable bonds is 4. The van der Waals surface area contributed by atoms with Crippen LogP contribution in [0.25, 0.3) is 0 Å². The van der Waals surface area contributed by atoms with Crippen molar-refractivity contribution in [1.82, 2.24) is 30.4 Å². The largest absolute Gasteiger partial charge is 0.582 e. The molecule has 4 aromatic heterocycles. The Balaban J connectivity index is 0.000000196. The minimum Gasteiger partial charge on any atom is -0.582 e. The molecule has 0 aliphatic carbocycles. The molecule has 2 aromatic carbocycles. The van der Waals surface area contributed by atoms with E-state index in [1.807, 2.05) is 73.1 Å². The van der Waals surface area contributed by atoms with Gasteiger partial charge in [0, 0.05) is 78.3 Å². The van der Waals surface area contributed by atoms with E-state index >= 15 is 0 Å². The number of hydrogen-bond acceptors (Lipinski definition) is 8. The predicted molar refractivity (Wildman–Crippen MR) is 182 cm³/mol. The summed E-state index contributed by atoms with van der Waals surface area (Å²) in [5.74, 6) is 1.93. The minimum atomic E-state index is 0. The molecule has 8 rings (SSSR count). The van der Waals surface area contributed by atoms with Gasteiger partial charge < -0.3 is 40.0 Å². The van der Waals surface area contributed by atoms with E-state index in [0.29, 0.717) is 12.1 Å². The maximum absolute atomic E-state index is 4.48. The van der Waals surface area contributed by atoms with Crippen LogP contribution in [0.3, 0.4) is 0 Å². The van der Waals surface area contributed by atoms with E-state index in [2.05, 4.69) is 115 Å². The molecular formula is C36H36N10Pt2-6. The Hall–Kier alpha value is -4.26. The molecule has 10 nitrogen and oxygen atoms in total. The number of benzene rings is 2. The monoisotopic (exact) mass is 998 g/mol. The van der Waals surface area contributed by atoms with Crippen molar-refractivity contribution < 1.29 is 42.1 Å². The fraction of sp³-hybridized carbons (Fsp3) is 0.167. The maximum atomic E-state index is 4.48. The maximum Gasteiger partial charge on any atom is 0.124 e. The normalized spacial score (nSPS) is 12.3. The molecule has 0 atom stereocenters. The van der Waals surface area contributed by atoms with Crippen LogP contribution in [-0.2, 0) is 42.1 Å². The number of aromatic nitrogens is 6. The summed E-state index contributed by atoms with van der Waals surface area (Å²) in [6.45, 7) is 12.9. The van der Waals surface area contributed by atoms with Crippen molar-refractivity contribution in [3.63, 3.8) is 0 Å². The Morgan fingerprint density at radius 3 is 1.29 bits per heavy atom. The van der Waals surface area contributed by atoms with Gasteiger partial charge in [0.2, 0.25) is 0 Å². The average Bonchev–Trinajstić information content (AvgIpc) is 3.94. The van der Waals surface area contributed by atoms with E-state index in [1.165, 1.54) is 0 Å². The van der Waals surface area contributed by atoms with E-state index in [4.69, 9.17) is 0 Å². The van der Waals surface area contributed by atoms with Gasteiger partial charge in [0.25, 0.3) is 0 Å². The first kappa shape index (κ1) is 38.2. The summed E-state index contributed by atoms with van der Waals surface area (Å²) in [5.41, 5.74) is 4.32. The molecule has 0 bridgehead atoms. The first-order chi connectivity index (χ1) is 22.5. The summed E-state index contributed by atoms with van der Waals surface area (Å²) < 4.78 is 0. The molecule has 0 radical (unpaired) electrons. The molecule has 2 aliphatic heterocycles.